The average molecular weight is 462 g/mol. The second-order valence-corrected chi connectivity index (χ2v) is 8.32. The molecule has 0 bridgehead atoms. The van der Waals surface area contributed by atoms with Crippen LogP contribution >= 0.6 is 0 Å². The van der Waals surface area contributed by atoms with Gasteiger partial charge in [-0.2, -0.15) is 0 Å². The Kier molecular flexibility index (Phi) is 7.99. The molecule has 0 aliphatic heterocycles. The fourth-order valence-electron chi connectivity index (χ4n) is 3.99. The first kappa shape index (κ1) is 24.9. The summed E-state index contributed by atoms with van der Waals surface area (Å²) in [6.07, 6.45) is 2.22. The number of Topliss-reactive ketones (excluding diaryl/α,β-unsaturated/α-hetero) is 1. The zero-order valence-corrected chi connectivity index (χ0v) is 20.3. The number of ether oxygens (including phenoxy) is 1. The van der Waals surface area contributed by atoms with Gasteiger partial charge in [-0.05, 0) is 64.4 Å². The summed E-state index contributed by atoms with van der Waals surface area (Å²) in [5, 5.41) is 0. The number of aromatic nitrogens is 2. The normalized spacial score (nSPS) is 11.7. The SMILES string of the molecule is CCOC(=O)c1[nH]c(C)c(C(=O)[C@@H](C)N(CCc2ccccn2)C(=O)c2ccc(C)cc2)c1C. The van der Waals surface area contributed by atoms with Crippen LogP contribution in [0, 0.1) is 20.8 Å². The molecule has 7 heteroatoms. The van der Waals surface area contributed by atoms with Gasteiger partial charge in [0.25, 0.3) is 5.91 Å². The number of nitrogens with zero attached hydrogens (tertiary/aromatic N) is 2. The molecular weight excluding hydrogens is 430 g/mol. The second-order valence-electron chi connectivity index (χ2n) is 8.32. The monoisotopic (exact) mass is 461 g/mol. The summed E-state index contributed by atoms with van der Waals surface area (Å²) < 4.78 is 5.11. The Morgan fingerprint density at radius 3 is 2.38 bits per heavy atom. The number of hydrogen-bond acceptors (Lipinski definition) is 5. The van der Waals surface area contributed by atoms with Gasteiger partial charge in [-0.1, -0.05) is 23.8 Å². The van der Waals surface area contributed by atoms with Crippen LogP contribution in [0.1, 0.15) is 67.6 Å². The fourth-order valence-corrected chi connectivity index (χ4v) is 3.99. The van der Waals surface area contributed by atoms with Crippen molar-refractivity contribution in [3.63, 3.8) is 0 Å². The predicted molar refractivity (Wildman–Crippen MR) is 130 cm³/mol. The lowest BCUT2D eigenvalue weighted by Gasteiger charge is -2.29. The molecular formula is C27H31N3O4. The van der Waals surface area contributed by atoms with Gasteiger partial charge in [0.15, 0.2) is 5.78 Å². The molecule has 3 rings (SSSR count). The highest BCUT2D eigenvalue weighted by atomic mass is 16.5. The molecule has 7 nitrogen and oxygen atoms in total. The topological polar surface area (TPSA) is 92.4 Å². The number of hydrogen-bond donors (Lipinski definition) is 1. The molecule has 3 aromatic rings. The summed E-state index contributed by atoms with van der Waals surface area (Å²) in [7, 11) is 0. The largest absolute Gasteiger partial charge is 0.461 e. The van der Waals surface area contributed by atoms with Crippen LogP contribution in [-0.4, -0.2) is 51.7 Å². The lowest BCUT2D eigenvalue weighted by Crippen LogP contribution is -2.44. The number of carbonyl (C=O) groups excluding carboxylic acids is 3. The van der Waals surface area contributed by atoms with Gasteiger partial charge in [-0.3, -0.25) is 14.6 Å². The van der Waals surface area contributed by atoms with Crippen molar-refractivity contribution < 1.29 is 19.1 Å². The maximum Gasteiger partial charge on any atom is 0.355 e. The molecule has 0 unspecified atom stereocenters. The number of nitrogens with one attached hydrogen (secondary N) is 1. The van der Waals surface area contributed by atoms with E-state index in [9.17, 15) is 14.4 Å². The predicted octanol–water partition coefficient (Wildman–Crippen LogP) is 4.47. The molecule has 0 aliphatic rings. The van der Waals surface area contributed by atoms with E-state index in [-0.39, 0.29) is 24.0 Å². The molecule has 0 fully saturated rings. The van der Waals surface area contributed by atoms with Gasteiger partial charge in [0, 0.05) is 41.7 Å². The number of aryl methyl sites for hydroxylation is 2. The number of carbonyl (C=O) groups is 3. The minimum atomic E-state index is -0.749. The minimum Gasteiger partial charge on any atom is -0.461 e. The van der Waals surface area contributed by atoms with Gasteiger partial charge in [0.1, 0.15) is 5.69 Å². The molecule has 0 aliphatic carbocycles. The van der Waals surface area contributed by atoms with Gasteiger partial charge in [0.2, 0.25) is 0 Å². The molecule has 1 amide bonds. The number of esters is 1. The Balaban J connectivity index is 1.93. The van der Waals surface area contributed by atoms with Crippen molar-refractivity contribution in [2.75, 3.05) is 13.2 Å². The van der Waals surface area contributed by atoms with Crippen molar-refractivity contribution in [1.29, 1.82) is 0 Å². The van der Waals surface area contributed by atoms with E-state index < -0.39 is 12.0 Å². The zero-order valence-electron chi connectivity index (χ0n) is 20.3. The van der Waals surface area contributed by atoms with E-state index in [1.807, 2.05) is 37.3 Å². The van der Waals surface area contributed by atoms with Crippen molar-refractivity contribution in [3.8, 4) is 0 Å². The number of benzene rings is 1. The lowest BCUT2D eigenvalue weighted by atomic mass is 9.99. The van der Waals surface area contributed by atoms with Crippen LogP contribution in [0.15, 0.2) is 48.7 Å². The lowest BCUT2D eigenvalue weighted by molar-refractivity contribution is 0.0518. The Labute approximate surface area is 200 Å². The first-order valence-electron chi connectivity index (χ1n) is 11.4. The van der Waals surface area contributed by atoms with Crippen LogP contribution in [-0.2, 0) is 11.2 Å². The van der Waals surface area contributed by atoms with E-state index >= 15 is 0 Å². The highest BCUT2D eigenvalue weighted by Gasteiger charge is 2.31. The van der Waals surface area contributed by atoms with Crippen LogP contribution in [0.5, 0.6) is 0 Å². The van der Waals surface area contributed by atoms with Gasteiger partial charge in [-0.25, -0.2) is 4.79 Å². The Morgan fingerprint density at radius 2 is 1.76 bits per heavy atom. The minimum absolute atomic E-state index is 0.228. The molecule has 0 saturated heterocycles. The first-order chi connectivity index (χ1) is 16.2. The van der Waals surface area contributed by atoms with E-state index in [4.69, 9.17) is 4.74 Å². The highest BCUT2D eigenvalue weighted by molar-refractivity contribution is 6.07. The van der Waals surface area contributed by atoms with Crippen LogP contribution in [0.25, 0.3) is 0 Å². The van der Waals surface area contributed by atoms with Crippen LogP contribution in [0.2, 0.25) is 0 Å². The van der Waals surface area contributed by atoms with Crippen molar-refractivity contribution in [3.05, 3.63) is 88.0 Å². The first-order valence-corrected chi connectivity index (χ1v) is 11.4. The van der Waals surface area contributed by atoms with E-state index in [0.717, 1.165) is 11.3 Å². The maximum atomic E-state index is 13.6. The van der Waals surface area contributed by atoms with Crippen LogP contribution in [0.3, 0.4) is 0 Å². The standard InChI is InChI=1S/C27H31N3O4/c1-6-34-27(33)24-18(3)23(19(4)29-24)25(31)20(5)30(16-14-22-9-7-8-15-28-22)26(32)21-12-10-17(2)11-13-21/h7-13,15,20,29H,6,14,16H2,1-5H3/t20-/m1/s1. The van der Waals surface area contributed by atoms with E-state index in [1.54, 1.807) is 50.9 Å². The van der Waals surface area contributed by atoms with Crippen LogP contribution in [0.4, 0.5) is 0 Å². The highest BCUT2D eigenvalue weighted by Crippen LogP contribution is 2.23. The molecule has 1 aromatic carbocycles. The summed E-state index contributed by atoms with van der Waals surface area (Å²) in [6, 6.07) is 12.2. The molecule has 0 saturated carbocycles. The molecule has 0 spiro atoms. The number of H-pyrrole nitrogens is 1. The smallest absolute Gasteiger partial charge is 0.355 e. The Morgan fingerprint density at radius 1 is 1.06 bits per heavy atom. The summed E-state index contributed by atoms with van der Waals surface area (Å²) in [5.41, 5.74) is 4.18. The van der Waals surface area contributed by atoms with Crippen molar-refractivity contribution in [2.24, 2.45) is 0 Å². The van der Waals surface area contributed by atoms with Crippen LogP contribution < -0.4 is 0 Å². The summed E-state index contributed by atoms with van der Waals surface area (Å²) in [5.74, 6) is -0.964. The average Bonchev–Trinajstić information content (AvgIpc) is 3.13. The number of amides is 1. The Bertz CT molecular complexity index is 1170. The molecule has 34 heavy (non-hydrogen) atoms. The third kappa shape index (κ3) is 5.42. The third-order valence-electron chi connectivity index (χ3n) is 5.90. The second kappa shape index (κ2) is 10.9. The van der Waals surface area contributed by atoms with Gasteiger partial charge >= 0.3 is 5.97 Å². The number of rotatable bonds is 9. The molecule has 1 atom stereocenters. The molecule has 1 N–H and O–H groups in total. The molecule has 0 radical (unpaired) electrons. The van der Waals surface area contributed by atoms with E-state index in [1.165, 1.54) is 0 Å². The zero-order chi connectivity index (χ0) is 24.8. The Hall–Kier alpha value is -3.74. The maximum absolute atomic E-state index is 13.6. The van der Waals surface area contributed by atoms with Gasteiger partial charge in [-0.15, -0.1) is 0 Å². The summed E-state index contributed by atoms with van der Waals surface area (Å²) >= 11 is 0. The van der Waals surface area contributed by atoms with Gasteiger partial charge in [0.05, 0.1) is 12.6 Å². The fraction of sp³-hybridized carbons (Fsp3) is 0.333. The van der Waals surface area contributed by atoms with Crippen molar-refractivity contribution in [1.82, 2.24) is 14.9 Å². The van der Waals surface area contributed by atoms with Crippen molar-refractivity contribution >= 4 is 17.7 Å². The van der Waals surface area contributed by atoms with Gasteiger partial charge < -0.3 is 14.6 Å². The number of ketones is 1. The molecule has 2 heterocycles. The quantitative estimate of drug-likeness (QED) is 0.375. The van der Waals surface area contributed by atoms with Crippen molar-refractivity contribution in [2.45, 2.75) is 47.1 Å². The van der Waals surface area contributed by atoms with E-state index in [2.05, 4.69) is 9.97 Å². The van der Waals surface area contributed by atoms with E-state index in [0.29, 0.717) is 35.3 Å². The third-order valence-corrected chi connectivity index (χ3v) is 5.90. The number of aromatic amines is 1. The summed E-state index contributed by atoms with van der Waals surface area (Å²) in [6.45, 7) is 9.44. The molecule has 178 valence electrons. The number of pyridine rings is 1. The molecule has 2 aromatic heterocycles. The summed E-state index contributed by atoms with van der Waals surface area (Å²) in [4.78, 5) is 48.4.